The molecule has 2 aromatic carbocycles. The Labute approximate surface area is 157 Å². The standard InChI is InChI=1S/C23H29NO2/c1-26-22-12-9-20(10-13-22)7-8-21-15-17-24(18-16-21)23(25)14-11-19-5-3-2-4-6-19/h2-6,9-10,12-13,21H,7-8,11,14-18H2,1H3. The number of rotatable bonds is 7. The number of carbonyl (C=O) groups is 1. The second-order valence-corrected chi connectivity index (χ2v) is 7.20. The molecule has 3 rings (SSSR count). The van der Waals surface area contributed by atoms with Gasteiger partial charge in [-0.3, -0.25) is 4.79 Å². The molecule has 1 fully saturated rings. The van der Waals surface area contributed by atoms with Crippen LogP contribution in [0.1, 0.15) is 36.8 Å². The molecule has 0 N–H and O–H groups in total. The lowest BCUT2D eigenvalue weighted by Crippen LogP contribution is -2.38. The smallest absolute Gasteiger partial charge is 0.222 e. The lowest BCUT2D eigenvalue weighted by atomic mass is 9.90. The van der Waals surface area contributed by atoms with Crippen molar-refractivity contribution in [2.24, 2.45) is 5.92 Å². The van der Waals surface area contributed by atoms with Gasteiger partial charge >= 0.3 is 0 Å². The summed E-state index contributed by atoms with van der Waals surface area (Å²) >= 11 is 0. The van der Waals surface area contributed by atoms with Crippen LogP contribution in [0.15, 0.2) is 54.6 Å². The average molecular weight is 351 g/mol. The lowest BCUT2D eigenvalue weighted by Gasteiger charge is -2.32. The Morgan fingerprint density at radius 1 is 0.962 bits per heavy atom. The van der Waals surface area contributed by atoms with E-state index >= 15 is 0 Å². The molecule has 1 heterocycles. The van der Waals surface area contributed by atoms with Crippen LogP contribution in [0.4, 0.5) is 0 Å². The minimum atomic E-state index is 0.308. The minimum Gasteiger partial charge on any atom is -0.497 e. The third-order valence-corrected chi connectivity index (χ3v) is 5.44. The van der Waals surface area contributed by atoms with Crippen LogP contribution in [0.5, 0.6) is 5.75 Å². The number of carbonyl (C=O) groups excluding carboxylic acids is 1. The fourth-order valence-electron chi connectivity index (χ4n) is 3.69. The molecule has 1 aliphatic heterocycles. The van der Waals surface area contributed by atoms with Crippen molar-refractivity contribution in [2.75, 3.05) is 20.2 Å². The van der Waals surface area contributed by atoms with Gasteiger partial charge in [0.25, 0.3) is 0 Å². The number of amides is 1. The molecule has 0 radical (unpaired) electrons. The Kier molecular flexibility index (Phi) is 6.70. The van der Waals surface area contributed by atoms with Gasteiger partial charge in [0, 0.05) is 19.5 Å². The van der Waals surface area contributed by atoms with Crippen LogP contribution >= 0.6 is 0 Å². The summed E-state index contributed by atoms with van der Waals surface area (Å²) < 4.78 is 5.21. The lowest BCUT2D eigenvalue weighted by molar-refractivity contribution is -0.132. The van der Waals surface area contributed by atoms with Gasteiger partial charge < -0.3 is 9.64 Å². The maximum Gasteiger partial charge on any atom is 0.222 e. The number of aryl methyl sites for hydroxylation is 2. The Balaban J connectivity index is 1.37. The molecular formula is C23H29NO2. The third kappa shape index (κ3) is 5.35. The number of hydrogen-bond acceptors (Lipinski definition) is 2. The minimum absolute atomic E-state index is 0.308. The van der Waals surface area contributed by atoms with Crippen molar-refractivity contribution in [3.8, 4) is 5.75 Å². The van der Waals surface area contributed by atoms with Crippen molar-refractivity contribution in [3.05, 3.63) is 65.7 Å². The second-order valence-electron chi connectivity index (χ2n) is 7.20. The van der Waals surface area contributed by atoms with E-state index in [0.717, 1.165) is 50.4 Å². The highest BCUT2D eigenvalue weighted by atomic mass is 16.5. The maximum absolute atomic E-state index is 12.4. The topological polar surface area (TPSA) is 29.5 Å². The van der Waals surface area contributed by atoms with Crippen molar-refractivity contribution < 1.29 is 9.53 Å². The summed E-state index contributed by atoms with van der Waals surface area (Å²) in [5, 5.41) is 0. The zero-order chi connectivity index (χ0) is 18.2. The first-order valence-corrected chi connectivity index (χ1v) is 9.69. The molecule has 138 valence electrons. The molecule has 0 unspecified atom stereocenters. The van der Waals surface area contributed by atoms with Crippen molar-refractivity contribution >= 4 is 5.91 Å². The van der Waals surface area contributed by atoms with E-state index in [9.17, 15) is 4.79 Å². The van der Waals surface area contributed by atoms with E-state index in [1.165, 1.54) is 17.5 Å². The van der Waals surface area contributed by atoms with Crippen LogP contribution in [-0.2, 0) is 17.6 Å². The van der Waals surface area contributed by atoms with E-state index in [-0.39, 0.29) is 0 Å². The van der Waals surface area contributed by atoms with Crippen molar-refractivity contribution in [1.29, 1.82) is 0 Å². The van der Waals surface area contributed by atoms with Crippen molar-refractivity contribution in [3.63, 3.8) is 0 Å². The van der Waals surface area contributed by atoms with Gasteiger partial charge in [-0.25, -0.2) is 0 Å². The van der Waals surface area contributed by atoms with E-state index < -0.39 is 0 Å². The van der Waals surface area contributed by atoms with Crippen LogP contribution in [0.2, 0.25) is 0 Å². The highest BCUT2D eigenvalue weighted by Gasteiger charge is 2.22. The first kappa shape index (κ1) is 18.5. The molecular weight excluding hydrogens is 322 g/mol. The number of methoxy groups -OCH3 is 1. The van der Waals surface area contributed by atoms with Gasteiger partial charge in [0.2, 0.25) is 5.91 Å². The third-order valence-electron chi connectivity index (χ3n) is 5.44. The highest BCUT2D eigenvalue weighted by Crippen LogP contribution is 2.23. The molecule has 3 heteroatoms. The molecule has 1 amide bonds. The normalized spacial score (nSPS) is 15.0. The van der Waals surface area contributed by atoms with Gasteiger partial charge in [-0.15, -0.1) is 0 Å². The molecule has 0 saturated carbocycles. The first-order chi connectivity index (χ1) is 12.7. The molecule has 3 nitrogen and oxygen atoms in total. The molecule has 0 aromatic heterocycles. The van der Waals surface area contributed by atoms with Crippen LogP contribution in [0.25, 0.3) is 0 Å². The van der Waals surface area contributed by atoms with Crippen molar-refractivity contribution in [1.82, 2.24) is 4.90 Å². The SMILES string of the molecule is COc1ccc(CCC2CCN(C(=O)CCc3ccccc3)CC2)cc1. The van der Waals surface area contributed by atoms with Gasteiger partial charge in [-0.2, -0.15) is 0 Å². The monoisotopic (exact) mass is 351 g/mol. The van der Waals surface area contributed by atoms with E-state index in [2.05, 4.69) is 29.2 Å². The molecule has 1 saturated heterocycles. The quantitative estimate of drug-likeness (QED) is 0.735. The Hall–Kier alpha value is -2.29. The highest BCUT2D eigenvalue weighted by molar-refractivity contribution is 5.76. The number of likely N-dealkylation sites (tertiary alicyclic amines) is 1. The predicted octanol–water partition coefficient (Wildman–Crippen LogP) is 4.50. The van der Waals surface area contributed by atoms with E-state index in [1.54, 1.807) is 7.11 Å². The number of nitrogens with zero attached hydrogens (tertiary/aromatic N) is 1. The maximum atomic E-state index is 12.4. The summed E-state index contributed by atoms with van der Waals surface area (Å²) in [5.41, 5.74) is 2.61. The number of benzene rings is 2. The van der Waals surface area contributed by atoms with Crippen LogP contribution in [-0.4, -0.2) is 31.0 Å². The predicted molar refractivity (Wildman–Crippen MR) is 105 cm³/mol. The van der Waals surface area contributed by atoms with Gasteiger partial charge in [-0.1, -0.05) is 42.5 Å². The fourth-order valence-corrected chi connectivity index (χ4v) is 3.69. The van der Waals surface area contributed by atoms with Gasteiger partial charge in [-0.05, 0) is 61.3 Å². The molecule has 26 heavy (non-hydrogen) atoms. The molecule has 0 bridgehead atoms. The zero-order valence-electron chi connectivity index (χ0n) is 15.7. The summed E-state index contributed by atoms with van der Waals surface area (Å²) in [4.78, 5) is 14.5. The molecule has 1 aliphatic rings. The number of piperidine rings is 1. The van der Waals surface area contributed by atoms with Gasteiger partial charge in [0.15, 0.2) is 0 Å². The Bertz CT molecular complexity index is 673. The van der Waals surface area contributed by atoms with Gasteiger partial charge in [0.05, 0.1) is 7.11 Å². The van der Waals surface area contributed by atoms with E-state index in [1.807, 2.05) is 30.3 Å². The van der Waals surface area contributed by atoms with Crippen LogP contribution < -0.4 is 4.74 Å². The second kappa shape index (κ2) is 9.42. The van der Waals surface area contributed by atoms with Crippen LogP contribution in [0, 0.1) is 5.92 Å². The fraction of sp³-hybridized carbons (Fsp3) is 0.435. The molecule has 0 atom stereocenters. The number of ether oxygens (including phenoxy) is 1. The average Bonchev–Trinajstić information content (AvgIpc) is 2.72. The van der Waals surface area contributed by atoms with Crippen molar-refractivity contribution in [2.45, 2.75) is 38.5 Å². The summed E-state index contributed by atoms with van der Waals surface area (Å²) in [6.07, 6.45) is 6.05. The summed E-state index contributed by atoms with van der Waals surface area (Å²) in [6.45, 7) is 1.84. The van der Waals surface area contributed by atoms with E-state index in [4.69, 9.17) is 4.74 Å². The molecule has 2 aromatic rings. The Morgan fingerprint density at radius 2 is 1.62 bits per heavy atom. The molecule has 0 aliphatic carbocycles. The molecule has 0 spiro atoms. The summed E-state index contributed by atoms with van der Waals surface area (Å²) in [6, 6.07) is 18.6. The Morgan fingerprint density at radius 3 is 2.27 bits per heavy atom. The number of hydrogen-bond donors (Lipinski definition) is 0. The first-order valence-electron chi connectivity index (χ1n) is 9.69. The zero-order valence-corrected chi connectivity index (χ0v) is 15.7. The van der Waals surface area contributed by atoms with Gasteiger partial charge in [0.1, 0.15) is 5.75 Å². The van der Waals surface area contributed by atoms with Crippen LogP contribution in [0.3, 0.4) is 0 Å². The summed E-state index contributed by atoms with van der Waals surface area (Å²) in [7, 11) is 1.70. The summed E-state index contributed by atoms with van der Waals surface area (Å²) in [5.74, 6) is 1.95. The van der Waals surface area contributed by atoms with E-state index in [0.29, 0.717) is 12.3 Å². The largest absolute Gasteiger partial charge is 0.497 e.